The normalized spacial score (nSPS) is 10.5. The zero-order chi connectivity index (χ0) is 17.2. The van der Waals surface area contributed by atoms with Gasteiger partial charge in [-0.05, 0) is 37.1 Å². The maximum atomic E-state index is 12.2. The van der Waals surface area contributed by atoms with Gasteiger partial charge in [-0.25, -0.2) is 9.59 Å². The standard InChI is InChI=1S/C19H19NO4/c1-2-3-4-7-13-23-19(22)16-10-5-6-11-17(16)24-18(21)15-9-8-12-20-14-15/h3-6,8-12,14H,2,7,13H2,1H3/b4-3-. The highest BCUT2D eigenvalue weighted by Crippen LogP contribution is 2.20. The highest BCUT2D eigenvalue weighted by molar-refractivity contribution is 5.96. The Hall–Kier alpha value is -2.95. The number of aromatic nitrogens is 1. The van der Waals surface area contributed by atoms with E-state index in [1.54, 1.807) is 42.6 Å². The number of hydrogen-bond donors (Lipinski definition) is 0. The van der Waals surface area contributed by atoms with Gasteiger partial charge in [-0.1, -0.05) is 31.2 Å². The lowest BCUT2D eigenvalue weighted by molar-refractivity contribution is 0.0506. The van der Waals surface area contributed by atoms with Gasteiger partial charge in [0.2, 0.25) is 0 Å². The molecule has 0 radical (unpaired) electrons. The van der Waals surface area contributed by atoms with Crippen LogP contribution >= 0.6 is 0 Å². The molecule has 0 aliphatic heterocycles. The van der Waals surface area contributed by atoms with Crippen LogP contribution in [-0.4, -0.2) is 23.5 Å². The van der Waals surface area contributed by atoms with E-state index in [0.717, 1.165) is 6.42 Å². The van der Waals surface area contributed by atoms with Crippen molar-refractivity contribution in [1.29, 1.82) is 0 Å². The number of esters is 2. The number of allylic oxidation sites excluding steroid dienone is 1. The van der Waals surface area contributed by atoms with E-state index in [4.69, 9.17) is 9.47 Å². The van der Waals surface area contributed by atoms with Crippen molar-refractivity contribution in [1.82, 2.24) is 4.98 Å². The van der Waals surface area contributed by atoms with E-state index >= 15 is 0 Å². The summed E-state index contributed by atoms with van der Waals surface area (Å²) < 4.78 is 10.5. The molecule has 2 aromatic rings. The Morgan fingerprint density at radius 3 is 2.67 bits per heavy atom. The fourth-order valence-corrected chi connectivity index (χ4v) is 1.95. The SMILES string of the molecule is CC/C=C\CCOC(=O)c1ccccc1OC(=O)c1cccnc1. The van der Waals surface area contributed by atoms with E-state index in [2.05, 4.69) is 4.98 Å². The Morgan fingerprint density at radius 1 is 1.08 bits per heavy atom. The molecule has 0 saturated heterocycles. The summed E-state index contributed by atoms with van der Waals surface area (Å²) in [5.41, 5.74) is 0.527. The number of ether oxygens (including phenoxy) is 2. The van der Waals surface area contributed by atoms with Gasteiger partial charge in [0.25, 0.3) is 0 Å². The third kappa shape index (κ3) is 5.05. The van der Waals surface area contributed by atoms with Crippen LogP contribution in [0.4, 0.5) is 0 Å². The summed E-state index contributed by atoms with van der Waals surface area (Å²) in [5.74, 6) is -0.927. The number of hydrogen-bond acceptors (Lipinski definition) is 5. The van der Waals surface area contributed by atoms with Crippen LogP contribution in [0.2, 0.25) is 0 Å². The predicted molar refractivity (Wildman–Crippen MR) is 90.0 cm³/mol. The first-order chi connectivity index (χ1) is 11.7. The zero-order valence-corrected chi connectivity index (χ0v) is 13.5. The number of pyridine rings is 1. The van der Waals surface area contributed by atoms with Crippen LogP contribution in [0, 0.1) is 0 Å². The van der Waals surface area contributed by atoms with Crippen LogP contribution in [0.1, 0.15) is 40.5 Å². The molecule has 0 spiro atoms. The molecular weight excluding hydrogens is 306 g/mol. The van der Waals surface area contributed by atoms with Crippen LogP contribution in [0.25, 0.3) is 0 Å². The smallest absolute Gasteiger partial charge is 0.345 e. The molecule has 1 heterocycles. The molecule has 0 aliphatic rings. The molecule has 0 N–H and O–H groups in total. The van der Waals surface area contributed by atoms with Crippen LogP contribution in [0.15, 0.2) is 60.9 Å². The van der Waals surface area contributed by atoms with Gasteiger partial charge in [0.1, 0.15) is 11.3 Å². The number of carbonyl (C=O) groups is 2. The number of rotatable bonds is 7. The molecule has 0 atom stereocenters. The van der Waals surface area contributed by atoms with E-state index in [0.29, 0.717) is 12.0 Å². The summed E-state index contributed by atoms with van der Waals surface area (Å²) in [6, 6.07) is 9.73. The van der Waals surface area contributed by atoms with Gasteiger partial charge in [0, 0.05) is 12.4 Å². The number of para-hydroxylation sites is 1. The summed E-state index contributed by atoms with van der Waals surface area (Å²) in [6.07, 6.45) is 8.54. The minimum Gasteiger partial charge on any atom is -0.462 e. The van der Waals surface area contributed by atoms with Crippen LogP contribution < -0.4 is 4.74 Å². The third-order valence-electron chi connectivity index (χ3n) is 3.13. The van der Waals surface area contributed by atoms with Gasteiger partial charge < -0.3 is 9.47 Å². The molecular formula is C19H19NO4. The Kier molecular flexibility index (Phi) is 6.71. The van der Waals surface area contributed by atoms with E-state index in [-0.39, 0.29) is 17.9 Å². The Labute approximate surface area is 140 Å². The van der Waals surface area contributed by atoms with Gasteiger partial charge in [0.05, 0.1) is 12.2 Å². The largest absolute Gasteiger partial charge is 0.462 e. The van der Waals surface area contributed by atoms with Crippen molar-refractivity contribution in [3.05, 3.63) is 72.1 Å². The van der Waals surface area contributed by atoms with Gasteiger partial charge in [-0.2, -0.15) is 0 Å². The second kappa shape index (κ2) is 9.25. The van der Waals surface area contributed by atoms with Crippen LogP contribution in [0.5, 0.6) is 5.75 Å². The summed E-state index contributed by atoms with van der Waals surface area (Å²) >= 11 is 0. The fourth-order valence-electron chi connectivity index (χ4n) is 1.95. The van der Waals surface area contributed by atoms with E-state index < -0.39 is 11.9 Å². The Balaban J connectivity index is 2.03. The van der Waals surface area contributed by atoms with Crippen molar-refractivity contribution in [3.63, 3.8) is 0 Å². The average molecular weight is 325 g/mol. The molecule has 1 aromatic carbocycles. The predicted octanol–water partition coefficient (Wildman–Crippen LogP) is 3.81. The first kappa shape index (κ1) is 17.4. The molecule has 0 fully saturated rings. The summed E-state index contributed by atoms with van der Waals surface area (Å²) in [4.78, 5) is 28.1. The second-order valence-corrected chi connectivity index (χ2v) is 4.93. The van der Waals surface area contributed by atoms with E-state index in [9.17, 15) is 9.59 Å². The maximum absolute atomic E-state index is 12.2. The quantitative estimate of drug-likeness (QED) is 0.335. The minimum atomic E-state index is -0.575. The van der Waals surface area contributed by atoms with Gasteiger partial charge in [0.15, 0.2) is 0 Å². The molecule has 5 nitrogen and oxygen atoms in total. The lowest BCUT2D eigenvalue weighted by Crippen LogP contribution is -2.13. The number of carbonyl (C=O) groups excluding carboxylic acids is 2. The molecule has 124 valence electrons. The average Bonchev–Trinajstić information content (AvgIpc) is 2.62. The van der Waals surface area contributed by atoms with Gasteiger partial charge in [-0.3, -0.25) is 4.98 Å². The Morgan fingerprint density at radius 2 is 1.92 bits per heavy atom. The van der Waals surface area contributed by atoms with Crippen molar-refractivity contribution in [2.45, 2.75) is 19.8 Å². The maximum Gasteiger partial charge on any atom is 0.345 e. The first-order valence-electron chi connectivity index (χ1n) is 7.75. The lowest BCUT2D eigenvalue weighted by atomic mass is 10.2. The molecule has 24 heavy (non-hydrogen) atoms. The number of nitrogens with zero attached hydrogens (tertiary/aromatic N) is 1. The zero-order valence-electron chi connectivity index (χ0n) is 13.5. The fraction of sp³-hybridized carbons (Fsp3) is 0.211. The molecule has 1 aromatic heterocycles. The highest BCUT2D eigenvalue weighted by Gasteiger charge is 2.17. The van der Waals surface area contributed by atoms with Crippen LogP contribution in [-0.2, 0) is 4.74 Å². The molecule has 2 rings (SSSR count). The molecule has 0 aliphatic carbocycles. The summed E-state index contributed by atoms with van der Waals surface area (Å²) in [7, 11) is 0. The first-order valence-corrected chi connectivity index (χ1v) is 7.75. The molecule has 5 heteroatoms. The topological polar surface area (TPSA) is 65.5 Å². The number of benzene rings is 1. The minimum absolute atomic E-state index is 0.167. The second-order valence-electron chi connectivity index (χ2n) is 4.93. The van der Waals surface area contributed by atoms with Gasteiger partial charge in [-0.15, -0.1) is 0 Å². The van der Waals surface area contributed by atoms with Crippen molar-refractivity contribution in [2.24, 2.45) is 0 Å². The molecule has 0 saturated carbocycles. The van der Waals surface area contributed by atoms with Crippen molar-refractivity contribution >= 4 is 11.9 Å². The van der Waals surface area contributed by atoms with E-state index in [1.807, 2.05) is 19.1 Å². The van der Waals surface area contributed by atoms with Crippen LogP contribution in [0.3, 0.4) is 0 Å². The molecule has 0 bridgehead atoms. The molecule has 0 amide bonds. The monoisotopic (exact) mass is 325 g/mol. The summed E-state index contributed by atoms with van der Waals surface area (Å²) in [6.45, 7) is 2.32. The van der Waals surface area contributed by atoms with Crippen molar-refractivity contribution < 1.29 is 19.1 Å². The highest BCUT2D eigenvalue weighted by atomic mass is 16.5. The summed E-state index contributed by atoms with van der Waals surface area (Å²) in [5, 5.41) is 0. The lowest BCUT2D eigenvalue weighted by Gasteiger charge is -2.09. The van der Waals surface area contributed by atoms with Gasteiger partial charge >= 0.3 is 11.9 Å². The Bertz CT molecular complexity index is 710. The van der Waals surface area contributed by atoms with E-state index in [1.165, 1.54) is 6.20 Å². The molecule has 0 unspecified atom stereocenters. The van der Waals surface area contributed by atoms with Crippen molar-refractivity contribution in [2.75, 3.05) is 6.61 Å². The van der Waals surface area contributed by atoms with Crippen molar-refractivity contribution in [3.8, 4) is 5.75 Å². The third-order valence-corrected chi connectivity index (χ3v) is 3.13.